The fraction of sp³-hybridized carbons (Fsp3) is 0.500. The van der Waals surface area contributed by atoms with E-state index in [9.17, 15) is 4.79 Å². The Morgan fingerprint density at radius 3 is 2.90 bits per heavy atom. The van der Waals surface area contributed by atoms with Gasteiger partial charge in [-0.25, -0.2) is 0 Å². The third-order valence-electron chi connectivity index (χ3n) is 3.27. The molecule has 0 aliphatic carbocycles. The third-order valence-corrected chi connectivity index (χ3v) is 3.51. The zero-order valence-electron chi connectivity index (χ0n) is 11.6. The van der Waals surface area contributed by atoms with Gasteiger partial charge in [-0.1, -0.05) is 11.6 Å². The summed E-state index contributed by atoms with van der Waals surface area (Å²) in [6.45, 7) is 6.09. The van der Waals surface area contributed by atoms with Gasteiger partial charge in [0.1, 0.15) is 0 Å². The molecule has 1 saturated heterocycles. The molecule has 20 heavy (non-hydrogen) atoms. The molecule has 1 aliphatic heterocycles. The highest BCUT2D eigenvalue weighted by molar-refractivity contribution is 6.31. The summed E-state index contributed by atoms with van der Waals surface area (Å²) >= 11 is 5.90. The van der Waals surface area contributed by atoms with Crippen LogP contribution in [0.15, 0.2) is 18.2 Å². The normalized spacial score (nSPS) is 17.7. The zero-order chi connectivity index (χ0) is 14.5. The van der Waals surface area contributed by atoms with Crippen molar-refractivity contribution in [2.75, 3.05) is 38.6 Å². The molecule has 0 bridgehead atoms. The van der Waals surface area contributed by atoms with Crippen LogP contribution in [0.1, 0.15) is 17.3 Å². The van der Waals surface area contributed by atoms with Gasteiger partial charge < -0.3 is 15.8 Å². The van der Waals surface area contributed by atoms with E-state index in [1.807, 2.05) is 6.92 Å². The lowest BCUT2D eigenvalue weighted by atomic mass is 10.1. The molecule has 1 amide bonds. The van der Waals surface area contributed by atoms with Crippen LogP contribution in [0.2, 0.25) is 5.02 Å². The van der Waals surface area contributed by atoms with E-state index in [0.29, 0.717) is 16.3 Å². The fourth-order valence-corrected chi connectivity index (χ4v) is 2.42. The molecule has 110 valence electrons. The summed E-state index contributed by atoms with van der Waals surface area (Å²) in [6, 6.07) is 4.95. The lowest BCUT2D eigenvalue weighted by molar-refractivity contribution is 0.0342. The Morgan fingerprint density at radius 2 is 2.20 bits per heavy atom. The monoisotopic (exact) mass is 297 g/mol. The molecule has 1 aliphatic rings. The Balaban J connectivity index is 1.91. The summed E-state index contributed by atoms with van der Waals surface area (Å²) in [6.07, 6.45) is 0. The molecule has 1 aromatic rings. The maximum absolute atomic E-state index is 12.2. The molecule has 0 radical (unpaired) electrons. The van der Waals surface area contributed by atoms with E-state index >= 15 is 0 Å². The molecule has 5 nitrogen and oxygen atoms in total. The highest BCUT2D eigenvalue weighted by Gasteiger charge is 2.17. The molecule has 1 atom stereocenters. The molecule has 1 heterocycles. The van der Waals surface area contributed by atoms with Crippen LogP contribution in [0.25, 0.3) is 0 Å². The first-order chi connectivity index (χ1) is 9.56. The second kappa shape index (κ2) is 6.92. The number of anilines is 1. The van der Waals surface area contributed by atoms with Gasteiger partial charge >= 0.3 is 0 Å². The van der Waals surface area contributed by atoms with Crippen LogP contribution in [0.5, 0.6) is 0 Å². The summed E-state index contributed by atoms with van der Waals surface area (Å²) in [5, 5.41) is 3.46. The number of amides is 1. The SMILES string of the molecule is CC(CN1CCOCC1)NC(=O)c1cc(Cl)ccc1N. The number of benzene rings is 1. The summed E-state index contributed by atoms with van der Waals surface area (Å²) < 4.78 is 5.30. The standard InChI is InChI=1S/C14H20ClN3O2/c1-10(9-18-4-6-20-7-5-18)17-14(19)12-8-11(15)2-3-13(12)16/h2-3,8,10H,4-7,9,16H2,1H3,(H,17,19). The predicted molar refractivity (Wildman–Crippen MR) is 80.1 cm³/mol. The van der Waals surface area contributed by atoms with E-state index in [0.717, 1.165) is 32.8 Å². The van der Waals surface area contributed by atoms with Crippen LogP contribution in [-0.2, 0) is 4.74 Å². The Morgan fingerprint density at radius 1 is 1.50 bits per heavy atom. The van der Waals surface area contributed by atoms with Gasteiger partial charge in [0, 0.05) is 36.4 Å². The van der Waals surface area contributed by atoms with Crippen molar-refractivity contribution < 1.29 is 9.53 Å². The number of hydrogen-bond acceptors (Lipinski definition) is 4. The first-order valence-electron chi connectivity index (χ1n) is 6.72. The first-order valence-corrected chi connectivity index (χ1v) is 7.10. The molecule has 0 aromatic heterocycles. The second-order valence-corrected chi connectivity index (χ2v) is 5.46. The number of hydrogen-bond donors (Lipinski definition) is 2. The first kappa shape index (κ1) is 15.1. The van der Waals surface area contributed by atoms with Gasteiger partial charge in [0.25, 0.3) is 5.91 Å². The van der Waals surface area contributed by atoms with Gasteiger partial charge in [0.2, 0.25) is 0 Å². The minimum absolute atomic E-state index is 0.0407. The molecule has 1 unspecified atom stereocenters. The van der Waals surface area contributed by atoms with E-state index in [1.165, 1.54) is 0 Å². The maximum atomic E-state index is 12.2. The zero-order valence-corrected chi connectivity index (χ0v) is 12.3. The van der Waals surface area contributed by atoms with E-state index in [-0.39, 0.29) is 11.9 Å². The van der Waals surface area contributed by atoms with Crippen molar-refractivity contribution in [3.8, 4) is 0 Å². The number of morpholine rings is 1. The molecule has 3 N–H and O–H groups in total. The fourth-order valence-electron chi connectivity index (χ4n) is 2.24. The smallest absolute Gasteiger partial charge is 0.253 e. The lowest BCUT2D eigenvalue weighted by Gasteiger charge is -2.29. The Hall–Kier alpha value is -1.30. The summed E-state index contributed by atoms with van der Waals surface area (Å²) in [4.78, 5) is 14.5. The maximum Gasteiger partial charge on any atom is 0.253 e. The van der Waals surface area contributed by atoms with E-state index in [1.54, 1.807) is 18.2 Å². The summed E-state index contributed by atoms with van der Waals surface area (Å²) in [7, 11) is 0. The molecule has 1 fully saturated rings. The van der Waals surface area contributed by atoms with Crippen molar-refractivity contribution >= 4 is 23.2 Å². The van der Waals surface area contributed by atoms with Crippen LogP contribution in [0.4, 0.5) is 5.69 Å². The number of carbonyl (C=O) groups is 1. The number of halogens is 1. The van der Waals surface area contributed by atoms with E-state index in [4.69, 9.17) is 22.1 Å². The predicted octanol–water partition coefficient (Wildman–Crippen LogP) is 1.37. The van der Waals surface area contributed by atoms with Crippen molar-refractivity contribution in [1.82, 2.24) is 10.2 Å². The van der Waals surface area contributed by atoms with Crippen molar-refractivity contribution in [1.29, 1.82) is 0 Å². The van der Waals surface area contributed by atoms with Gasteiger partial charge in [0.05, 0.1) is 18.8 Å². The number of nitrogen functional groups attached to an aromatic ring is 1. The molecule has 0 saturated carbocycles. The van der Waals surface area contributed by atoms with Gasteiger partial charge in [0.15, 0.2) is 0 Å². The van der Waals surface area contributed by atoms with Crippen LogP contribution in [0.3, 0.4) is 0 Å². The third kappa shape index (κ3) is 4.10. The van der Waals surface area contributed by atoms with Crippen molar-refractivity contribution in [3.63, 3.8) is 0 Å². The molecule has 0 spiro atoms. The number of nitrogens with one attached hydrogen (secondary N) is 1. The van der Waals surface area contributed by atoms with Gasteiger partial charge in [-0.3, -0.25) is 9.69 Å². The van der Waals surface area contributed by atoms with E-state index < -0.39 is 0 Å². The molecule has 6 heteroatoms. The minimum Gasteiger partial charge on any atom is -0.398 e. The summed E-state index contributed by atoms with van der Waals surface area (Å²) in [5.41, 5.74) is 6.66. The van der Waals surface area contributed by atoms with Gasteiger partial charge in [-0.2, -0.15) is 0 Å². The topological polar surface area (TPSA) is 67.6 Å². The Kier molecular flexibility index (Phi) is 5.23. The van der Waals surface area contributed by atoms with Crippen LogP contribution < -0.4 is 11.1 Å². The Bertz CT molecular complexity index is 475. The number of carbonyl (C=O) groups excluding carboxylic acids is 1. The van der Waals surface area contributed by atoms with Crippen molar-refractivity contribution in [3.05, 3.63) is 28.8 Å². The van der Waals surface area contributed by atoms with Crippen LogP contribution >= 0.6 is 11.6 Å². The van der Waals surface area contributed by atoms with Crippen molar-refractivity contribution in [2.24, 2.45) is 0 Å². The van der Waals surface area contributed by atoms with Gasteiger partial charge in [-0.15, -0.1) is 0 Å². The second-order valence-electron chi connectivity index (χ2n) is 5.02. The number of nitrogens with zero attached hydrogens (tertiary/aromatic N) is 1. The number of rotatable bonds is 4. The van der Waals surface area contributed by atoms with E-state index in [2.05, 4.69) is 10.2 Å². The molecular formula is C14H20ClN3O2. The average molecular weight is 298 g/mol. The number of ether oxygens (including phenoxy) is 1. The molecular weight excluding hydrogens is 278 g/mol. The number of nitrogens with two attached hydrogens (primary N) is 1. The summed E-state index contributed by atoms with van der Waals surface area (Å²) in [5.74, 6) is -0.189. The molecule has 2 rings (SSSR count). The van der Waals surface area contributed by atoms with Gasteiger partial charge in [-0.05, 0) is 25.1 Å². The van der Waals surface area contributed by atoms with Crippen LogP contribution in [0, 0.1) is 0 Å². The van der Waals surface area contributed by atoms with Crippen molar-refractivity contribution in [2.45, 2.75) is 13.0 Å². The highest BCUT2D eigenvalue weighted by atomic mass is 35.5. The molecule has 1 aromatic carbocycles. The minimum atomic E-state index is -0.189. The quantitative estimate of drug-likeness (QED) is 0.824. The average Bonchev–Trinajstić information content (AvgIpc) is 2.42. The largest absolute Gasteiger partial charge is 0.398 e. The Labute approximate surface area is 124 Å². The van der Waals surface area contributed by atoms with Crippen LogP contribution in [-0.4, -0.2) is 49.7 Å². The highest BCUT2D eigenvalue weighted by Crippen LogP contribution is 2.17. The lowest BCUT2D eigenvalue weighted by Crippen LogP contribution is -2.46.